The highest BCUT2D eigenvalue weighted by atomic mass is 32.1. The molecule has 3 aromatic rings. The van der Waals surface area contributed by atoms with E-state index >= 15 is 0 Å². The molecular weight excluding hydrogens is 364 g/mol. The summed E-state index contributed by atoms with van der Waals surface area (Å²) in [5.41, 5.74) is 2.22. The second kappa shape index (κ2) is 6.79. The minimum atomic E-state index is 0.765. The van der Waals surface area contributed by atoms with Crippen molar-refractivity contribution in [1.82, 2.24) is 14.9 Å². The number of anilines is 1. The van der Waals surface area contributed by atoms with E-state index in [0.29, 0.717) is 0 Å². The van der Waals surface area contributed by atoms with Gasteiger partial charge in [0.2, 0.25) is 0 Å². The first kappa shape index (κ1) is 16.5. The summed E-state index contributed by atoms with van der Waals surface area (Å²) in [7, 11) is 1.71. The molecule has 1 saturated carbocycles. The van der Waals surface area contributed by atoms with Crippen LogP contribution < -0.4 is 9.64 Å². The molecule has 1 aliphatic heterocycles. The molecular formula is C19H22N4OS2. The topological polar surface area (TPSA) is 41.5 Å². The van der Waals surface area contributed by atoms with Crippen LogP contribution in [0.4, 0.5) is 5.13 Å². The van der Waals surface area contributed by atoms with Gasteiger partial charge in [-0.3, -0.25) is 4.90 Å². The monoisotopic (exact) mass is 386 g/mol. The number of nitrogens with zero attached hydrogens (tertiary/aromatic N) is 4. The van der Waals surface area contributed by atoms with Crippen LogP contribution in [0.1, 0.15) is 29.5 Å². The maximum absolute atomic E-state index is 5.45. The highest BCUT2D eigenvalue weighted by molar-refractivity contribution is 7.22. The smallest absolute Gasteiger partial charge is 0.186 e. The normalized spacial score (nSPS) is 18.6. The van der Waals surface area contributed by atoms with E-state index in [4.69, 9.17) is 14.7 Å². The summed E-state index contributed by atoms with van der Waals surface area (Å²) in [5, 5.41) is 4.70. The van der Waals surface area contributed by atoms with Gasteiger partial charge in [0.15, 0.2) is 5.13 Å². The number of ether oxygens (including phenoxy) is 1. The molecule has 26 heavy (non-hydrogen) atoms. The van der Waals surface area contributed by atoms with E-state index in [0.717, 1.165) is 55.0 Å². The minimum Gasteiger partial charge on any atom is -0.494 e. The highest BCUT2D eigenvalue weighted by Crippen LogP contribution is 2.41. The van der Waals surface area contributed by atoms with Gasteiger partial charge in [-0.1, -0.05) is 17.4 Å². The average molecular weight is 387 g/mol. The average Bonchev–Trinajstić information content (AvgIpc) is 3.26. The summed E-state index contributed by atoms with van der Waals surface area (Å²) in [5.74, 6) is 1.63. The summed E-state index contributed by atoms with van der Waals surface area (Å²) in [6.45, 7) is 5.13. The van der Waals surface area contributed by atoms with Crippen LogP contribution in [0.2, 0.25) is 0 Å². The Morgan fingerprint density at radius 2 is 2.00 bits per heavy atom. The van der Waals surface area contributed by atoms with Gasteiger partial charge in [0.25, 0.3) is 0 Å². The first-order chi connectivity index (χ1) is 12.8. The molecule has 0 N–H and O–H groups in total. The number of thiazole rings is 2. The van der Waals surface area contributed by atoms with Crippen LogP contribution in [0.3, 0.4) is 0 Å². The summed E-state index contributed by atoms with van der Waals surface area (Å²) in [6.07, 6.45) is 2.66. The van der Waals surface area contributed by atoms with E-state index in [9.17, 15) is 0 Å². The Balaban J connectivity index is 1.23. The summed E-state index contributed by atoms with van der Waals surface area (Å²) in [6, 6.07) is 6.13. The van der Waals surface area contributed by atoms with Crippen LogP contribution in [0.25, 0.3) is 10.2 Å². The molecule has 7 heteroatoms. The number of methoxy groups -OCH3 is 1. The number of benzene rings is 1. The van der Waals surface area contributed by atoms with Crippen molar-refractivity contribution in [3.63, 3.8) is 0 Å². The number of rotatable bonds is 5. The predicted octanol–water partition coefficient (Wildman–Crippen LogP) is 3.96. The molecule has 5 nitrogen and oxygen atoms in total. The number of aromatic nitrogens is 2. The fourth-order valence-corrected chi connectivity index (χ4v) is 5.47. The Kier molecular flexibility index (Phi) is 4.30. The maximum Gasteiger partial charge on any atom is 0.186 e. The van der Waals surface area contributed by atoms with Crippen molar-refractivity contribution >= 4 is 38.0 Å². The summed E-state index contributed by atoms with van der Waals surface area (Å²) < 4.78 is 6.64. The zero-order valence-corrected chi connectivity index (χ0v) is 16.5. The van der Waals surface area contributed by atoms with Crippen LogP contribution in [0.5, 0.6) is 5.75 Å². The van der Waals surface area contributed by atoms with Gasteiger partial charge in [-0.15, -0.1) is 11.3 Å². The summed E-state index contributed by atoms with van der Waals surface area (Å²) >= 11 is 3.60. The van der Waals surface area contributed by atoms with E-state index in [-0.39, 0.29) is 0 Å². The highest BCUT2D eigenvalue weighted by Gasteiger charge is 2.27. The molecule has 136 valence electrons. The molecule has 5 rings (SSSR count). The zero-order valence-electron chi connectivity index (χ0n) is 14.9. The Bertz CT molecular complexity index is 909. The Morgan fingerprint density at radius 3 is 2.77 bits per heavy atom. The number of hydrogen-bond acceptors (Lipinski definition) is 7. The van der Waals surface area contributed by atoms with Crippen molar-refractivity contribution < 1.29 is 4.74 Å². The van der Waals surface area contributed by atoms with Gasteiger partial charge in [0, 0.05) is 44.0 Å². The van der Waals surface area contributed by atoms with Gasteiger partial charge in [-0.2, -0.15) is 0 Å². The quantitative estimate of drug-likeness (QED) is 0.664. The van der Waals surface area contributed by atoms with Crippen LogP contribution in [0, 0.1) is 0 Å². The summed E-state index contributed by atoms with van der Waals surface area (Å²) in [4.78, 5) is 14.6. The van der Waals surface area contributed by atoms with Crippen LogP contribution in [-0.2, 0) is 6.54 Å². The third-order valence-electron chi connectivity index (χ3n) is 5.12. The van der Waals surface area contributed by atoms with E-state index in [1.54, 1.807) is 18.4 Å². The molecule has 1 aliphatic carbocycles. The van der Waals surface area contributed by atoms with Gasteiger partial charge in [-0.05, 0) is 25.0 Å². The predicted molar refractivity (Wildman–Crippen MR) is 108 cm³/mol. The van der Waals surface area contributed by atoms with E-state index < -0.39 is 0 Å². The first-order valence-corrected chi connectivity index (χ1v) is 10.8. The zero-order chi connectivity index (χ0) is 17.5. The van der Waals surface area contributed by atoms with E-state index in [2.05, 4.69) is 21.2 Å². The second-order valence-electron chi connectivity index (χ2n) is 7.02. The third kappa shape index (κ3) is 3.19. The Labute approximate surface area is 161 Å². The van der Waals surface area contributed by atoms with Gasteiger partial charge in [-0.25, -0.2) is 9.97 Å². The standard InChI is InChI=1S/C19H22N4OS2/c1-24-15-3-2-4-16-17(15)21-19(26-16)23-9-7-22(8-10-23)11-14-12-25-18(20-14)13-5-6-13/h2-4,12-13H,5-11H2,1H3. The van der Waals surface area contributed by atoms with Crippen LogP contribution in [0.15, 0.2) is 23.6 Å². The van der Waals surface area contributed by atoms with E-state index in [1.165, 1.54) is 28.2 Å². The molecule has 1 saturated heterocycles. The molecule has 2 aliphatic rings. The Hall–Kier alpha value is -1.70. The van der Waals surface area contributed by atoms with Gasteiger partial charge in [0.05, 0.1) is 22.5 Å². The SMILES string of the molecule is COc1cccc2sc(N3CCN(Cc4csc(C5CC5)n4)CC3)nc12. The lowest BCUT2D eigenvalue weighted by molar-refractivity contribution is 0.247. The lowest BCUT2D eigenvalue weighted by Gasteiger charge is -2.34. The first-order valence-electron chi connectivity index (χ1n) is 9.15. The second-order valence-corrected chi connectivity index (χ2v) is 8.92. The molecule has 3 heterocycles. The lowest BCUT2D eigenvalue weighted by Crippen LogP contribution is -2.46. The molecule has 0 unspecified atom stereocenters. The van der Waals surface area contributed by atoms with Crippen molar-refractivity contribution in [2.45, 2.75) is 25.3 Å². The molecule has 2 aromatic heterocycles. The van der Waals surface area contributed by atoms with Crippen molar-refractivity contribution in [2.75, 3.05) is 38.2 Å². The largest absolute Gasteiger partial charge is 0.494 e. The van der Waals surface area contributed by atoms with Crippen LogP contribution in [-0.4, -0.2) is 48.2 Å². The van der Waals surface area contributed by atoms with Crippen molar-refractivity contribution in [3.8, 4) is 5.75 Å². The van der Waals surface area contributed by atoms with Gasteiger partial charge >= 0.3 is 0 Å². The number of para-hydroxylation sites is 1. The fourth-order valence-electron chi connectivity index (χ4n) is 3.45. The molecule has 0 bridgehead atoms. The van der Waals surface area contributed by atoms with Gasteiger partial charge in [0.1, 0.15) is 11.3 Å². The lowest BCUT2D eigenvalue weighted by atomic mass is 10.3. The number of hydrogen-bond donors (Lipinski definition) is 0. The molecule has 0 radical (unpaired) electrons. The van der Waals surface area contributed by atoms with Crippen molar-refractivity contribution in [1.29, 1.82) is 0 Å². The number of fused-ring (bicyclic) bond motifs is 1. The molecule has 0 amide bonds. The minimum absolute atomic E-state index is 0.765. The molecule has 2 fully saturated rings. The van der Waals surface area contributed by atoms with Crippen molar-refractivity contribution in [2.24, 2.45) is 0 Å². The Morgan fingerprint density at radius 1 is 1.15 bits per heavy atom. The van der Waals surface area contributed by atoms with E-state index in [1.807, 2.05) is 23.5 Å². The fraction of sp³-hybridized carbons (Fsp3) is 0.474. The number of piperazine rings is 1. The maximum atomic E-state index is 5.45. The molecule has 0 atom stereocenters. The van der Waals surface area contributed by atoms with Gasteiger partial charge < -0.3 is 9.64 Å². The third-order valence-corrected chi connectivity index (χ3v) is 7.25. The molecule has 1 aromatic carbocycles. The van der Waals surface area contributed by atoms with Crippen LogP contribution >= 0.6 is 22.7 Å². The molecule has 0 spiro atoms. The van der Waals surface area contributed by atoms with Crippen molar-refractivity contribution in [3.05, 3.63) is 34.3 Å².